The molecule has 2 aromatic carbocycles. The molecule has 0 saturated carbocycles. The van der Waals surface area contributed by atoms with Crippen LogP contribution in [-0.4, -0.2) is 28.9 Å². The quantitative estimate of drug-likeness (QED) is 0.560. The number of benzene rings is 2. The average molecular weight is 420 g/mol. The minimum absolute atomic E-state index is 0.0195. The average Bonchev–Trinajstić information content (AvgIpc) is 2.76. The van der Waals surface area contributed by atoms with Gasteiger partial charge in [-0.05, 0) is 48.6 Å². The van der Waals surface area contributed by atoms with Crippen molar-refractivity contribution in [1.82, 2.24) is 4.90 Å². The highest BCUT2D eigenvalue weighted by molar-refractivity contribution is 5.98. The van der Waals surface area contributed by atoms with Gasteiger partial charge in [0.1, 0.15) is 6.61 Å². The molecule has 2 aliphatic heterocycles. The minimum Gasteiger partial charge on any atom is -0.445 e. The number of hydrogen-bond donors (Lipinski definition) is 0. The summed E-state index contributed by atoms with van der Waals surface area (Å²) in [5, 5.41) is 0. The summed E-state index contributed by atoms with van der Waals surface area (Å²) in [7, 11) is 0. The number of nitrogens with zero attached hydrogens (tertiary/aromatic N) is 1. The van der Waals surface area contributed by atoms with Crippen LogP contribution in [-0.2, 0) is 16.8 Å². The summed E-state index contributed by atoms with van der Waals surface area (Å²) >= 11 is 0. The zero-order valence-corrected chi connectivity index (χ0v) is 18.8. The van der Waals surface area contributed by atoms with E-state index in [4.69, 9.17) is 4.74 Å². The molecule has 0 aromatic heterocycles. The van der Waals surface area contributed by atoms with Gasteiger partial charge in [-0.1, -0.05) is 75.4 Å². The van der Waals surface area contributed by atoms with Crippen molar-refractivity contribution in [2.24, 2.45) is 5.92 Å². The Morgan fingerprint density at radius 1 is 0.935 bits per heavy atom. The summed E-state index contributed by atoms with van der Waals surface area (Å²) in [6, 6.07) is 18.1. The fourth-order valence-corrected chi connectivity index (χ4v) is 5.06. The van der Waals surface area contributed by atoms with Crippen LogP contribution in [0.2, 0.25) is 0 Å². The van der Waals surface area contributed by atoms with Gasteiger partial charge in [-0.15, -0.1) is 0 Å². The fraction of sp³-hybridized carbons (Fsp3) is 0.481. The van der Waals surface area contributed by atoms with Crippen LogP contribution in [0.1, 0.15) is 74.4 Å². The third-order valence-corrected chi connectivity index (χ3v) is 6.80. The van der Waals surface area contributed by atoms with E-state index in [1.165, 1.54) is 5.56 Å². The van der Waals surface area contributed by atoms with Crippen molar-refractivity contribution in [2.45, 2.75) is 77.0 Å². The second kappa shape index (κ2) is 8.86. The van der Waals surface area contributed by atoms with Crippen LogP contribution in [0, 0.1) is 5.92 Å². The molecule has 0 aliphatic carbocycles. The van der Waals surface area contributed by atoms with Crippen molar-refractivity contribution in [3.05, 3.63) is 71.3 Å². The number of fused-ring (bicyclic) bond motifs is 2. The van der Waals surface area contributed by atoms with Gasteiger partial charge in [0.2, 0.25) is 0 Å². The molecule has 164 valence electrons. The summed E-state index contributed by atoms with van der Waals surface area (Å²) < 4.78 is 5.63. The molecule has 2 aromatic rings. The Morgan fingerprint density at radius 3 is 2.13 bits per heavy atom. The third-order valence-electron chi connectivity index (χ3n) is 6.80. The van der Waals surface area contributed by atoms with Crippen LogP contribution in [0.5, 0.6) is 0 Å². The van der Waals surface area contributed by atoms with E-state index < -0.39 is 0 Å². The first-order chi connectivity index (χ1) is 14.8. The molecule has 0 radical (unpaired) electrons. The van der Waals surface area contributed by atoms with Crippen LogP contribution >= 0.6 is 0 Å². The van der Waals surface area contributed by atoms with E-state index in [1.807, 2.05) is 47.4 Å². The standard InChI is InChI=1S/C27H33NO3/c1-27(2,3)22-14-12-20(13-15-22)25(29)21-16-23-10-7-11-24(17-21)28(23)26(30)31-18-19-8-5-4-6-9-19/h4-6,8-9,12-15,21,23-24H,7,10-11,16-18H2,1-3H3. The highest BCUT2D eigenvalue weighted by Crippen LogP contribution is 2.39. The Labute approximate surface area is 185 Å². The van der Waals surface area contributed by atoms with E-state index in [2.05, 4.69) is 32.9 Å². The molecule has 31 heavy (non-hydrogen) atoms. The van der Waals surface area contributed by atoms with E-state index in [1.54, 1.807) is 0 Å². The number of rotatable bonds is 4. The van der Waals surface area contributed by atoms with Gasteiger partial charge in [-0.2, -0.15) is 0 Å². The Bertz CT molecular complexity index is 900. The number of carbonyl (C=O) groups is 2. The van der Waals surface area contributed by atoms with Crippen LogP contribution in [0.25, 0.3) is 0 Å². The van der Waals surface area contributed by atoms with Crippen LogP contribution in [0.15, 0.2) is 54.6 Å². The van der Waals surface area contributed by atoms with Crippen molar-refractivity contribution in [1.29, 1.82) is 0 Å². The van der Waals surface area contributed by atoms with Gasteiger partial charge in [-0.25, -0.2) is 4.79 Å². The molecule has 4 rings (SSSR count). The predicted octanol–water partition coefficient (Wildman–Crippen LogP) is 6.14. The summed E-state index contributed by atoms with van der Waals surface area (Å²) in [6.45, 7) is 6.82. The fourth-order valence-electron chi connectivity index (χ4n) is 5.06. The third kappa shape index (κ3) is 4.84. The number of piperidine rings is 2. The van der Waals surface area contributed by atoms with E-state index in [-0.39, 0.29) is 41.9 Å². The molecular formula is C27H33NO3. The van der Waals surface area contributed by atoms with E-state index in [9.17, 15) is 9.59 Å². The Kier molecular flexibility index (Phi) is 6.17. The summed E-state index contributed by atoms with van der Waals surface area (Å²) in [6.07, 6.45) is 4.24. The monoisotopic (exact) mass is 419 g/mol. The van der Waals surface area contributed by atoms with Crippen molar-refractivity contribution in [3.63, 3.8) is 0 Å². The number of ether oxygens (including phenoxy) is 1. The molecule has 2 aliphatic rings. The van der Waals surface area contributed by atoms with E-state index in [0.717, 1.165) is 43.2 Å². The molecule has 2 bridgehead atoms. The summed E-state index contributed by atoms with van der Waals surface area (Å²) in [5.74, 6) is 0.198. The maximum Gasteiger partial charge on any atom is 0.410 e. The topological polar surface area (TPSA) is 46.6 Å². The first-order valence-electron chi connectivity index (χ1n) is 11.5. The maximum atomic E-state index is 13.2. The van der Waals surface area contributed by atoms with E-state index >= 15 is 0 Å². The molecule has 2 fully saturated rings. The molecule has 2 saturated heterocycles. The molecule has 4 nitrogen and oxygen atoms in total. The Morgan fingerprint density at radius 2 is 1.55 bits per heavy atom. The summed E-state index contributed by atoms with van der Waals surface area (Å²) in [4.78, 5) is 28.1. The molecular weight excluding hydrogens is 386 g/mol. The van der Waals surface area contributed by atoms with Gasteiger partial charge >= 0.3 is 6.09 Å². The molecule has 2 unspecified atom stereocenters. The lowest BCUT2D eigenvalue weighted by molar-refractivity contribution is 0.00473. The van der Waals surface area contributed by atoms with Gasteiger partial charge in [0.05, 0.1) is 0 Å². The largest absolute Gasteiger partial charge is 0.445 e. The van der Waals surface area contributed by atoms with Gasteiger partial charge < -0.3 is 9.64 Å². The number of Topliss-reactive ketones (excluding diaryl/α,β-unsaturated/α-hetero) is 1. The van der Waals surface area contributed by atoms with Crippen LogP contribution in [0.4, 0.5) is 4.79 Å². The van der Waals surface area contributed by atoms with Crippen LogP contribution < -0.4 is 0 Å². The minimum atomic E-state index is -0.237. The predicted molar refractivity (Wildman–Crippen MR) is 122 cm³/mol. The second-order valence-corrected chi connectivity index (χ2v) is 10.0. The Balaban J connectivity index is 1.41. The van der Waals surface area contributed by atoms with Gasteiger partial charge in [-0.3, -0.25) is 4.79 Å². The number of carbonyl (C=O) groups excluding carboxylic acids is 2. The lowest BCUT2D eigenvalue weighted by Gasteiger charge is -2.47. The van der Waals surface area contributed by atoms with Crippen molar-refractivity contribution in [3.8, 4) is 0 Å². The van der Waals surface area contributed by atoms with Crippen LogP contribution in [0.3, 0.4) is 0 Å². The smallest absolute Gasteiger partial charge is 0.410 e. The number of amides is 1. The SMILES string of the molecule is CC(C)(C)c1ccc(C(=O)C2CC3CCCC(C2)N3C(=O)OCc2ccccc2)cc1. The lowest BCUT2D eigenvalue weighted by atomic mass is 9.75. The number of ketones is 1. The van der Waals surface area contributed by atoms with E-state index in [0.29, 0.717) is 0 Å². The van der Waals surface area contributed by atoms with Crippen molar-refractivity contribution >= 4 is 11.9 Å². The number of hydrogen-bond acceptors (Lipinski definition) is 3. The maximum absolute atomic E-state index is 13.2. The lowest BCUT2D eigenvalue weighted by Crippen LogP contribution is -2.55. The molecule has 0 N–H and O–H groups in total. The highest BCUT2D eigenvalue weighted by atomic mass is 16.6. The molecule has 0 spiro atoms. The normalized spacial score (nSPS) is 23.3. The highest BCUT2D eigenvalue weighted by Gasteiger charge is 2.43. The molecule has 2 atom stereocenters. The summed E-state index contributed by atoms with van der Waals surface area (Å²) in [5.41, 5.74) is 3.09. The molecule has 2 heterocycles. The zero-order valence-electron chi connectivity index (χ0n) is 18.8. The van der Waals surface area contributed by atoms with Gasteiger partial charge in [0, 0.05) is 23.6 Å². The van der Waals surface area contributed by atoms with Gasteiger partial charge in [0.15, 0.2) is 5.78 Å². The molecule has 1 amide bonds. The Hall–Kier alpha value is -2.62. The molecule has 4 heteroatoms. The first-order valence-corrected chi connectivity index (χ1v) is 11.5. The van der Waals surface area contributed by atoms with Crippen molar-refractivity contribution < 1.29 is 14.3 Å². The first kappa shape index (κ1) is 21.6. The van der Waals surface area contributed by atoms with Gasteiger partial charge in [0.25, 0.3) is 0 Å². The zero-order chi connectivity index (χ0) is 22.0. The second-order valence-electron chi connectivity index (χ2n) is 10.0. The van der Waals surface area contributed by atoms with Crippen molar-refractivity contribution in [2.75, 3.05) is 0 Å².